The predicted octanol–water partition coefficient (Wildman–Crippen LogP) is 2.97. The molecule has 0 aliphatic carbocycles. The van der Waals surface area contributed by atoms with Crippen LogP contribution in [0.25, 0.3) is 5.69 Å². The minimum absolute atomic E-state index is 0.0358. The van der Waals surface area contributed by atoms with Crippen LogP contribution >= 0.6 is 0 Å². The van der Waals surface area contributed by atoms with E-state index in [1.54, 1.807) is 24.3 Å². The van der Waals surface area contributed by atoms with Gasteiger partial charge >= 0.3 is 0 Å². The molecule has 1 radical (unpaired) electrons. The molecule has 0 aliphatic heterocycles. The number of nitrogens with zero attached hydrogens (tertiary/aromatic N) is 1. The fraction of sp³-hybridized carbons (Fsp3) is 0. The van der Waals surface area contributed by atoms with Crippen LogP contribution in [-0.4, -0.2) is 10.4 Å². The van der Waals surface area contributed by atoms with E-state index >= 15 is 0 Å². The Morgan fingerprint density at radius 3 is 2.21 bits per heavy atom. The van der Waals surface area contributed by atoms with Gasteiger partial charge in [-0.05, 0) is 55.0 Å². The third kappa shape index (κ3) is 2.84. The standard InChI is InChI=1S/C19H14FN2O2/c1-12-2-8-15(9-3-12)22-17(23)11-10-16(19(22)21)18(24)13-4-6-14(20)7-5-13/h2-11H,1,21H2. The zero-order valence-electron chi connectivity index (χ0n) is 12.7. The van der Waals surface area contributed by atoms with E-state index < -0.39 is 5.82 Å². The molecule has 3 rings (SSSR count). The highest BCUT2D eigenvalue weighted by Crippen LogP contribution is 2.19. The molecule has 24 heavy (non-hydrogen) atoms. The molecule has 0 atom stereocenters. The van der Waals surface area contributed by atoms with E-state index in [-0.39, 0.29) is 22.7 Å². The molecule has 0 spiro atoms. The molecule has 2 aromatic carbocycles. The van der Waals surface area contributed by atoms with E-state index in [1.165, 1.54) is 41.0 Å². The van der Waals surface area contributed by atoms with Gasteiger partial charge < -0.3 is 5.73 Å². The van der Waals surface area contributed by atoms with Gasteiger partial charge in [0.05, 0.1) is 11.3 Å². The number of carbonyl (C=O) groups is 1. The van der Waals surface area contributed by atoms with Crippen LogP contribution in [0.2, 0.25) is 0 Å². The van der Waals surface area contributed by atoms with Crippen LogP contribution in [0.15, 0.2) is 65.5 Å². The Bertz CT molecular complexity index is 958. The number of nitrogen functional groups attached to an aromatic ring is 1. The van der Waals surface area contributed by atoms with Crippen molar-refractivity contribution < 1.29 is 9.18 Å². The number of carbonyl (C=O) groups excluding carboxylic acids is 1. The second-order valence-electron chi connectivity index (χ2n) is 5.31. The van der Waals surface area contributed by atoms with Crippen molar-refractivity contribution in [3.63, 3.8) is 0 Å². The third-order valence-electron chi connectivity index (χ3n) is 3.68. The average molecular weight is 321 g/mol. The zero-order valence-corrected chi connectivity index (χ0v) is 12.7. The molecule has 4 nitrogen and oxygen atoms in total. The largest absolute Gasteiger partial charge is 0.384 e. The highest BCUT2D eigenvalue weighted by atomic mass is 19.1. The first-order valence-corrected chi connectivity index (χ1v) is 7.21. The molecule has 5 heteroatoms. The number of rotatable bonds is 3. The zero-order chi connectivity index (χ0) is 17.3. The maximum absolute atomic E-state index is 13.0. The fourth-order valence-corrected chi connectivity index (χ4v) is 2.41. The number of nitrogens with two attached hydrogens (primary N) is 1. The summed E-state index contributed by atoms with van der Waals surface area (Å²) in [5.74, 6) is -0.776. The minimum Gasteiger partial charge on any atom is -0.384 e. The van der Waals surface area contributed by atoms with E-state index in [9.17, 15) is 14.0 Å². The molecule has 1 aromatic heterocycles. The van der Waals surface area contributed by atoms with Gasteiger partial charge in [-0.25, -0.2) is 4.39 Å². The Balaban J connectivity index is 2.12. The van der Waals surface area contributed by atoms with Gasteiger partial charge in [-0.15, -0.1) is 0 Å². The summed E-state index contributed by atoms with van der Waals surface area (Å²) >= 11 is 0. The van der Waals surface area contributed by atoms with Crippen molar-refractivity contribution in [2.24, 2.45) is 0 Å². The van der Waals surface area contributed by atoms with E-state index in [4.69, 9.17) is 5.73 Å². The van der Waals surface area contributed by atoms with Crippen LogP contribution < -0.4 is 11.3 Å². The van der Waals surface area contributed by atoms with Gasteiger partial charge in [0.25, 0.3) is 5.56 Å². The number of ketones is 1. The topological polar surface area (TPSA) is 65.1 Å². The molecule has 0 amide bonds. The van der Waals surface area contributed by atoms with Crippen molar-refractivity contribution in [3.05, 3.63) is 100 Å². The second-order valence-corrected chi connectivity index (χ2v) is 5.31. The maximum Gasteiger partial charge on any atom is 0.256 e. The summed E-state index contributed by atoms with van der Waals surface area (Å²) < 4.78 is 14.3. The molecule has 0 saturated heterocycles. The number of aromatic nitrogens is 1. The Morgan fingerprint density at radius 2 is 1.58 bits per heavy atom. The van der Waals surface area contributed by atoms with Gasteiger partial charge in [0, 0.05) is 11.6 Å². The van der Waals surface area contributed by atoms with Crippen molar-refractivity contribution >= 4 is 11.6 Å². The number of hydrogen-bond donors (Lipinski definition) is 1. The summed E-state index contributed by atoms with van der Waals surface area (Å²) in [6, 6.07) is 14.7. The molecule has 119 valence electrons. The summed E-state index contributed by atoms with van der Waals surface area (Å²) in [5, 5.41) is 0. The van der Waals surface area contributed by atoms with Crippen LogP contribution in [0.3, 0.4) is 0 Å². The first-order valence-electron chi connectivity index (χ1n) is 7.21. The Hall–Kier alpha value is -3.21. The average Bonchev–Trinajstić information content (AvgIpc) is 2.57. The SMILES string of the molecule is [CH2]c1ccc(-n2c(N)c(C(=O)c3ccc(F)cc3)ccc2=O)cc1. The molecule has 0 saturated carbocycles. The van der Waals surface area contributed by atoms with Crippen LogP contribution in [0.4, 0.5) is 10.2 Å². The molecule has 2 N–H and O–H groups in total. The predicted molar refractivity (Wildman–Crippen MR) is 90.7 cm³/mol. The molecule has 0 bridgehead atoms. The number of halogens is 1. The van der Waals surface area contributed by atoms with Crippen LogP contribution in [-0.2, 0) is 0 Å². The summed E-state index contributed by atoms with van der Waals surface area (Å²) in [6.07, 6.45) is 0. The first kappa shape index (κ1) is 15.7. The normalized spacial score (nSPS) is 10.6. The van der Waals surface area contributed by atoms with E-state index in [0.29, 0.717) is 11.3 Å². The summed E-state index contributed by atoms with van der Waals surface area (Å²) in [6.45, 7) is 3.79. The van der Waals surface area contributed by atoms with Gasteiger partial charge in [0.15, 0.2) is 5.78 Å². The van der Waals surface area contributed by atoms with Gasteiger partial charge in [-0.3, -0.25) is 14.2 Å². The lowest BCUT2D eigenvalue weighted by molar-refractivity contribution is 0.103. The first-order chi connectivity index (χ1) is 11.5. The Labute approximate surface area is 138 Å². The maximum atomic E-state index is 13.0. The van der Waals surface area contributed by atoms with Gasteiger partial charge in [-0.1, -0.05) is 12.1 Å². The van der Waals surface area contributed by atoms with Crippen molar-refractivity contribution in [2.75, 3.05) is 5.73 Å². The van der Waals surface area contributed by atoms with Crippen LogP contribution in [0.5, 0.6) is 0 Å². The summed E-state index contributed by atoms with van der Waals surface area (Å²) in [4.78, 5) is 24.8. The highest BCUT2D eigenvalue weighted by molar-refractivity contribution is 6.11. The Kier molecular flexibility index (Phi) is 4.00. The van der Waals surface area contributed by atoms with Crippen molar-refractivity contribution in [3.8, 4) is 5.69 Å². The van der Waals surface area contributed by atoms with Crippen molar-refractivity contribution in [1.29, 1.82) is 0 Å². The Morgan fingerprint density at radius 1 is 0.958 bits per heavy atom. The van der Waals surface area contributed by atoms with E-state index in [1.807, 2.05) is 0 Å². The van der Waals surface area contributed by atoms with Gasteiger partial charge in [0.1, 0.15) is 11.6 Å². The van der Waals surface area contributed by atoms with Crippen molar-refractivity contribution in [2.45, 2.75) is 0 Å². The number of benzene rings is 2. The quantitative estimate of drug-likeness (QED) is 0.754. The molecule has 0 aliphatic rings. The lowest BCUT2D eigenvalue weighted by Crippen LogP contribution is -2.23. The van der Waals surface area contributed by atoms with E-state index in [0.717, 1.165) is 5.56 Å². The fourth-order valence-electron chi connectivity index (χ4n) is 2.41. The molecule has 3 aromatic rings. The molecule has 1 heterocycles. The molecular formula is C19H14FN2O2. The summed E-state index contributed by atoms with van der Waals surface area (Å²) in [7, 11) is 0. The minimum atomic E-state index is -0.433. The smallest absolute Gasteiger partial charge is 0.256 e. The third-order valence-corrected chi connectivity index (χ3v) is 3.68. The summed E-state index contributed by atoms with van der Waals surface area (Å²) in [5.41, 5.74) is 7.54. The number of pyridine rings is 1. The lowest BCUT2D eigenvalue weighted by atomic mass is 10.0. The number of anilines is 1. The lowest BCUT2D eigenvalue weighted by Gasteiger charge is -2.13. The molecule has 0 unspecified atom stereocenters. The second kappa shape index (κ2) is 6.12. The molecular weight excluding hydrogens is 307 g/mol. The molecule has 0 fully saturated rings. The van der Waals surface area contributed by atoms with Crippen LogP contribution in [0.1, 0.15) is 21.5 Å². The highest BCUT2D eigenvalue weighted by Gasteiger charge is 2.16. The van der Waals surface area contributed by atoms with Crippen molar-refractivity contribution in [1.82, 2.24) is 4.57 Å². The van der Waals surface area contributed by atoms with Gasteiger partial charge in [-0.2, -0.15) is 0 Å². The van der Waals surface area contributed by atoms with Gasteiger partial charge in [0.2, 0.25) is 0 Å². The number of hydrogen-bond acceptors (Lipinski definition) is 3. The monoisotopic (exact) mass is 321 g/mol. The van der Waals surface area contributed by atoms with E-state index in [2.05, 4.69) is 6.92 Å². The van der Waals surface area contributed by atoms with Crippen LogP contribution in [0, 0.1) is 12.7 Å².